The molecule has 0 fully saturated rings. The Morgan fingerprint density at radius 3 is 1.75 bits per heavy atom. The second-order valence-electron chi connectivity index (χ2n) is 16.9. The van der Waals surface area contributed by atoms with Crippen LogP contribution in [-0.4, -0.2) is 4.98 Å². The Morgan fingerprint density at radius 1 is 0.385 bits per heavy atom. The van der Waals surface area contributed by atoms with Crippen LogP contribution in [0.25, 0.3) is 73.7 Å². The summed E-state index contributed by atoms with van der Waals surface area (Å²) in [7, 11) is 0. The minimum absolute atomic E-state index is 0.502. The van der Waals surface area contributed by atoms with Crippen molar-refractivity contribution in [3.8, 4) is 33.4 Å². The van der Waals surface area contributed by atoms with E-state index in [-0.39, 0.29) is 0 Å². The molecule has 0 saturated heterocycles. The Morgan fingerprint density at radius 2 is 0.985 bits per heavy atom. The van der Waals surface area contributed by atoms with Gasteiger partial charge in [0.15, 0.2) is 0 Å². The van der Waals surface area contributed by atoms with Crippen LogP contribution in [0.2, 0.25) is 0 Å². The second kappa shape index (κ2) is 14.4. The van der Waals surface area contributed by atoms with Crippen LogP contribution in [0.1, 0.15) is 22.3 Å². The van der Waals surface area contributed by atoms with Crippen LogP contribution < -0.4 is 4.90 Å². The molecule has 14 rings (SSSR count). The fourth-order valence-electron chi connectivity index (χ4n) is 11.0. The number of anilines is 3. The summed E-state index contributed by atoms with van der Waals surface area (Å²) in [6.45, 7) is 0. The maximum absolute atomic E-state index is 4.36. The molecule has 1 aliphatic carbocycles. The number of rotatable bonds is 5. The van der Waals surface area contributed by atoms with Gasteiger partial charge in [-0.3, -0.25) is 4.98 Å². The van der Waals surface area contributed by atoms with Crippen molar-refractivity contribution in [2.75, 3.05) is 4.90 Å². The summed E-state index contributed by atoms with van der Waals surface area (Å²) in [4.78, 5) is 9.54. The minimum atomic E-state index is -0.502. The van der Waals surface area contributed by atoms with Crippen LogP contribution in [0.4, 0.5) is 17.1 Å². The summed E-state index contributed by atoms with van der Waals surface area (Å²) in [5.41, 5.74) is 15.8. The first kappa shape index (κ1) is 37.1. The fraction of sp³-hybridized carbons (Fsp3) is 0.0167. The van der Waals surface area contributed by atoms with Gasteiger partial charge in [-0.05, 0) is 116 Å². The van der Waals surface area contributed by atoms with Crippen molar-refractivity contribution in [3.63, 3.8) is 0 Å². The highest BCUT2D eigenvalue weighted by Gasteiger charge is 2.50. The second-order valence-corrected chi connectivity index (χ2v) is 20.1. The molecule has 0 N–H and O–H groups in total. The molecule has 9 aromatic carbocycles. The van der Waals surface area contributed by atoms with E-state index in [4.69, 9.17) is 0 Å². The van der Waals surface area contributed by atoms with E-state index < -0.39 is 5.41 Å². The predicted molar refractivity (Wildman–Crippen MR) is 277 cm³/mol. The minimum Gasteiger partial charge on any atom is -0.308 e. The topological polar surface area (TPSA) is 16.1 Å². The van der Waals surface area contributed by atoms with E-state index >= 15 is 0 Å². The van der Waals surface area contributed by atoms with Gasteiger partial charge in [-0.25, -0.2) is 0 Å². The van der Waals surface area contributed by atoms with Gasteiger partial charge in [0, 0.05) is 62.5 Å². The molecular weight excluding hydrogens is 845 g/mol. The number of thiophene rings is 2. The highest BCUT2D eigenvalue weighted by Crippen LogP contribution is 2.64. The van der Waals surface area contributed by atoms with Crippen LogP contribution in [0.3, 0.4) is 0 Å². The summed E-state index contributed by atoms with van der Waals surface area (Å²) in [6, 6.07) is 77.1. The van der Waals surface area contributed by atoms with Gasteiger partial charge in [-0.1, -0.05) is 157 Å². The van der Waals surface area contributed by atoms with Gasteiger partial charge in [0.1, 0.15) is 0 Å². The third-order valence-electron chi connectivity index (χ3n) is 13.6. The molecule has 3 aromatic heterocycles. The molecule has 4 heterocycles. The van der Waals surface area contributed by atoms with E-state index in [0.717, 1.165) is 0 Å². The Balaban J connectivity index is 1.11. The molecule has 1 spiro atoms. The van der Waals surface area contributed by atoms with Gasteiger partial charge in [0.25, 0.3) is 0 Å². The lowest BCUT2D eigenvalue weighted by Crippen LogP contribution is -2.32. The van der Waals surface area contributed by atoms with E-state index in [1.165, 1.54) is 123 Å². The lowest BCUT2D eigenvalue weighted by Gasteiger charge is -2.41. The predicted octanol–water partition coefficient (Wildman–Crippen LogP) is 17.4. The van der Waals surface area contributed by atoms with Crippen molar-refractivity contribution in [1.82, 2.24) is 4.98 Å². The molecule has 5 heteroatoms. The van der Waals surface area contributed by atoms with Crippen LogP contribution in [0.15, 0.2) is 228 Å². The highest BCUT2D eigenvalue weighted by molar-refractivity contribution is 7.99. The van der Waals surface area contributed by atoms with Crippen molar-refractivity contribution in [2.45, 2.75) is 15.2 Å². The molecular formula is C60H36N2S3. The zero-order chi connectivity index (χ0) is 42.6. The van der Waals surface area contributed by atoms with Gasteiger partial charge >= 0.3 is 0 Å². The van der Waals surface area contributed by atoms with E-state index in [1.807, 2.05) is 46.8 Å². The van der Waals surface area contributed by atoms with Gasteiger partial charge in [0.05, 0.1) is 22.5 Å². The summed E-state index contributed by atoms with van der Waals surface area (Å²) in [6.07, 6.45) is 3.79. The van der Waals surface area contributed by atoms with Crippen LogP contribution in [-0.2, 0) is 5.41 Å². The summed E-state index contributed by atoms with van der Waals surface area (Å²) in [5.74, 6) is 0. The number of aromatic nitrogens is 1. The lowest BCUT2D eigenvalue weighted by atomic mass is 9.67. The van der Waals surface area contributed by atoms with Crippen molar-refractivity contribution in [2.24, 2.45) is 0 Å². The normalized spacial score (nSPS) is 13.3. The molecule has 65 heavy (non-hydrogen) atoms. The molecule has 0 atom stereocenters. The Hall–Kier alpha value is -7.28. The first-order chi connectivity index (χ1) is 32.3. The standard InChI is InChI=1S/C60H36N2S3/c1-2-14-37(15-3-1)39-30-31-52-44(36-39)57-50(25-12-28-54(57)63-52)62(49-24-13-29-55-56(49)43-19-10-18-40(58(43)65-55)38-32-34-61-35-33-38)51-26-11-23-48-59(51)64-53-27-9-8-22-47(53)60(48)45-20-6-4-16-41(45)42-17-5-7-21-46(42)60/h1-36H. The number of fused-ring (bicyclic) bond motifs is 15. The van der Waals surface area contributed by atoms with E-state index in [0.29, 0.717) is 0 Å². The molecule has 0 unspecified atom stereocenters. The summed E-state index contributed by atoms with van der Waals surface area (Å²) < 4.78 is 5.10. The van der Waals surface area contributed by atoms with Crippen molar-refractivity contribution >= 4 is 91.8 Å². The number of nitrogens with zero attached hydrogens (tertiary/aromatic N) is 2. The van der Waals surface area contributed by atoms with Crippen molar-refractivity contribution < 1.29 is 0 Å². The highest BCUT2D eigenvalue weighted by atomic mass is 32.2. The fourth-order valence-corrected chi connectivity index (χ4v) is 14.7. The molecule has 1 aliphatic heterocycles. The molecule has 0 radical (unpaired) electrons. The molecule has 2 aliphatic rings. The van der Waals surface area contributed by atoms with E-state index in [2.05, 4.69) is 216 Å². The van der Waals surface area contributed by atoms with Crippen molar-refractivity contribution in [3.05, 3.63) is 241 Å². The smallest absolute Gasteiger partial charge is 0.0736 e. The van der Waals surface area contributed by atoms with E-state index in [9.17, 15) is 0 Å². The van der Waals surface area contributed by atoms with Crippen molar-refractivity contribution in [1.29, 1.82) is 0 Å². The average Bonchev–Trinajstić information content (AvgIpc) is 4.04. The zero-order valence-corrected chi connectivity index (χ0v) is 37.4. The van der Waals surface area contributed by atoms with Gasteiger partial charge in [-0.15, -0.1) is 22.7 Å². The Kier molecular flexibility index (Phi) is 8.21. The SMILES string of the molecule is c1ccc(-c2ccc3sc4cccc(N(c5cccc6c5Sc5ccccc5C65c6ccccc6-c6ccccc65)c5cccc6sc7c(-c8ccncc8)cccc7c56)c4c3c2)cc1. The van der Waals surface area contributed by atoms with E-state index in [1.54, 1.807) is 0 Å². The number of hydrogen-bond donors (Lipinski definition) is 0. The molecule has 304 valence electrons. The van der Waals surface area contributed by atoms with Gasteiger partial charge < -0.3 is 4.90 Å². The first-order valence-corrected chi connectivity index (χ1v) is 24.5. The quantitative estimate of drug-likeness (QED) is 0.171. The molecule has 0 saturated carbocycles. The largest absolute Gasteiger partial charge is 0.308 e. The van der Waals surface area contributed by atoms with Crippen LogP contribution in [0, 0.1) is 0 Å². The number of pyridine rings is 1. The number of benzene rings is 9. The average molecular weight is 881 g/mol. The summed E-state index contributed by atoms with van der Waals surface area (Å²) in [5, 5.41) is 5.05. The first-order valence-electron chi connectivity index (χ1n) is 22.0. The maximum Gasteiger partial charge on any atom is 0.0736 e. The molecule has 0 bridgehead atoms. The number of hydrogen-bond acceptors (Lipinski definition) is 5. The third kappa shape index (κ3) is 5.32. The van der Waals surface area contributed by atoms with Crippen LogP contribution >= 0.6 is 34.4 Å². The maximum atomic E-state index is 4.36. The summed E-state index contributed by atoms with van der Waals surface area (Å²) >= 11 is 5.68. The zero-order valence-electron chi connectivity index (χ0n) is 34.9. The third-order valence-corrected chi connectivity index (χ3v) is 17.2. The van der Waals surface area contributed by atoms with Gasteiger partial charge in [-0.2, -0.15) is 0 Å². The molecule has 0 amide bonds. The lowest BCUT2D eigenvalue weighted by molar-refractivity contribution is 0.722. The molecule has 2 nitrogen and oxygen atoms in total. The van der Waals surface area contributed by atoms with Gasteiger partial charge in [0.2, 0.25) is 0 Å². The molecule has 12 aromatic rings. The Labute approximate surface area is 388 Å². The van der Waals surface area contributed by atoms with Crippen LogP contribution in [0.5, 0.6) is 0 Å². The Bertz CT molecular complexity index is 3820. The monoisotopic (exact) mass is 880 g/mol.